The van der Waals surface area contributed by atoms with E-state index in [0.29, 0.717) is 16.1 Å². The van der Waals surface area contributed by atoms with Gasteiger partial charge >= 0.3 is 0 Å². The standard InChI is InChI=1S/C12H9ClNO3S/c13-10-4-2-1-3-9(10)8-5-6-12(11(15)7-8)18(14,16)17/h1-3,5-7,15H,(H2,14,16,17). The highest BCUT2D eigenvalue weighted by molar-refractivity contribution is 7.89. The van der Waals surface area contributed by atoms with Crippen molar-refractivity contribution in [3.63, 3.8) is 0 Å². The second-order valence-electron chi connectivity index (χ2n) is 3.63. The molecule has 2 aromatic rings. The number of rotatable bonds is 2. The molecule has 2 rings (SSSR count). The minimum absolute atomic E-state index is 0.317. The Hall–Kier alpha value is -1.56. The number of phenolic OH excluding ortho intramolecular Hbond substituents is 1. The number of hydrogen-bond donors (Lipinski definition) is 2. The van der Waals surface area contributed by atoms with Crippen LogP contribution in [0.3, 0.4) is 0 Å². The van der Waals surface area contributed by atoms with E-state index in [4.69, 9.17) is 16.7 Å². The lowest BCUT2D eigenvalue weighted by atomic mass is 10.1. The number of halogens is 1. The van der Waals surface area contributed by atoms with Crippen molar-refractivity contribution in [3.05, 3.63) is 47.5 Å². The summed E-state index contributed by atoms with van der Waals surface area (Å²) in [4.78, 5) is -0.317. The molecule has 1 radical (unpaired) electrons. The van der Waals surface area contributed by atoms with E-state index in [1.807, 2.05) is 0 Å². The van der Waals surface area contributed by atoms with Gasteiger partial charge in [0.1, 0.15) is 10.6 Å². The number of hydrogen-bond acceptors (Lipinski definition) is 3. The van der Waals surface area contributed by atoms with Crippen LogP contribution in [-0.4, -0.2) is 13.5 Å². The van der Waals surface area contributed by atoms with Gasteiger partial charge in [-0.15, -0.1) is 0 Å². The number of sulfonamides is 1. The molecule has 0 amide bonds. The minimum atomic E-state index is -3.93. The third-order valence-electron chi connectivity index (χ3n) is 2.38. The first kappa shape index (κ1) is 12.9. The predicted octanol–water partition coefficient (Wildman–Crippen LogP) is 2.16. The summed E-state index contributed by atoms with van der Waals surface area (Å²) >= 11 is 5.96. The van der Waals surface area contributed by atoms with Crippen molar-refractivity contribution in [1.82, 2.24) is 0 Å². The molecule has 3 N–H and O–H groups in total. The molecular formula is C12H9ClNO3S. The molecule has 0 fully saturated rings. The molecule has 93 valence electrons. The summed E-state index contributed by atoms with van der Waals surface area (Å²) in [5.74, 6) is -0.407. The average molecular weight is 283 g/mol. The largest absolute Gasteiger partial charge is 0.507 e. The zero-order valence-electron chi connectivity index (χ0n) is 9.09. The summed E-state index contributed by atoms with van der Waals surface area (Å²) in [5.41, 5.74) is 1.23. The summed E-state index contributed by atoms with van der Waals surface area (Å²) < 4.78 is 22.3. The van der Waals surface area contributed by atoms with Crippen molar-refractivity contribution >= 4 is 21.6 Å². The maximum Gasteiger partial charge on any atom is 0.241 e. The van der Waals surface area contributed by atoms with E-state index < -0.39 is 15.8 Å². The summed E-state index contributed by atoms with van der Waals surface area (Å²) in [6.07, 6.45) is 0. The molecule has 0 saturated heterocycles. The van der Waals surface area contributed by atoms with Gasteiger partial charge in [-0.2, -0.15) is 0 Å². The van der Waals surface area contributed by atoms with Crippen molar-refractivity contribution in [1.29, 1.82) is 0 Å². The maximum atomic E-state index is 11.2. The highest BCUT2D eigenvalue weighted by Gasteiger charge is 2.14. The second-order valence-corrected chi connectivity index (χ2v) is 5.53. The molecule has 18 heavy (non-hydrogen) atoms. The SMILES string of the molecule is NS(=O)(=O)c1ccc(-c2ccc[c]c2Cl)cc1O. The molecule has 0 unspecified atom stereocenters. The fourth-order valence-electron chi connectivity index (χ4n) is 1.56. The van der Waals surface area contributed by atoms with Crippen LogP contribution in [0, 0.1) is 6.07 Å². The number of benzene rings is 2. The Morgan fingerprint density at radius 1 is 1.28 bits per heavy atom. The number of nitrogens with two attached hydrogens (primary N) is 1. The van der Waals surface area contributed by atoms with Crippen molar-refractivity contribution in [3.8, 4) is 16.9 Å². The van der Waals surface area contributed by atoms with Crippen molar-refractivity contribution < 1.29 is 13.5 Å². The molecule has 4 nitrogen and oxygen atoms in total. The third kappa shape index (κ3) is 2.48. The van der Waals surface area contributed by atoms with Crippen molar-refractivity contribution in [2.24, 2.45) is 5.14 Å². The minimum Gasteiger partial charge on any atom is -0.507 e. The van der Waals surface area contributed by atoms with E-state index >= 15 is 0 Å². The zero-order chi connectivity index (χ0) is 13.3. The van der Waals surface area contributed by atoms with Gasteiger partial charge in [0.25, 0.3) is 0 Å². The molecule has 0 saturated carbocycles. The van der Waals surface area contributed by atoms with Gasteiger partial charge in [0, 0.05) is 11.6 Å². The number of phenols is 1. The Kier molecular flexibility index (Phi) is 3.30. The van der Waals surface area contributed by atoms with Crippen LogP contribution in [0.25, 0.3) is 11.1 Å². The van der Waals surface area contributed by atoms with Crippen LogP contribution >= 0.6 is 11.6 Å². The fourth-order valence-corrected chi connectivity index (χ4v) is 2.41. The molecule has 0 atom stereocenters. The highest BCUT2D eigenvalue weighted by atomic mass is 35.5. The van der Waals surface area contributed by atoms with Gasteiger partial charge in [-0.1, -0.05) is 35.9 Å². The first-order valence-electron chi connectivity index (χ1n) is 4.92. The van der Waals surface area contributed by atoms with Gasteiger partial charge in [0.2, 0.25) is 10.0 Å². The monoisotopic (exact) mass is 282 g/mol. The third-order valence-corrected chi connectivity index (χ3v) is 3.65. The van der Waals surface area contributed by atoms with Gasteiger partial charge in [-0.25, -0.2) is 13.6 Å². The lowest BCUT2D eigenvalue weighted by Gasteiger charge is -2.07. The Balaban J connectivity index is 2.58. The molecule has 0 heterocycles. The van der Waals surface area contributed by atoms with Crippen LogP contribution in [0.2, 0.25) is 5.02 Å². The highest BCUT2D eigenvalue weighted by Crippen LogP contribution is 2.32. The maximum absolute atomic E-state index is 11.2. The summed E-state index contributed by atoms with van der Waals surface area (Å²) in [7, 11) is -3.93. The van der Waals surface area contributed by atoms with Gasteiger partial charge in [-0.05, 0) is 17.7 Å². The van der Waals surface area contributed by atoms with Gasteiger partial charge in [-0.3, -0.25) is 0 Å². The summed E-state index contributed by atoms with van der Waals surface area (Å²) in [5, 5.41) is 15.0. The molecule has 0 aliphatic carbocycles. The van der Waals surface area contributed by atoms with E-state index in [1.54, 1.807) is 18.2 Å². The van der Waals surface area contributed by atoms with Crippen molar-refractivity contribution in [2.45, 2.75) is 4.90 Å². The molecule has 0 spiro atoms. The lowest BCUT2D eigenvalue weighted by molar-refractivity contribution is 0.459. The zero-order valence-corrected chi connectivity index (χ0v) is 10.7. The molecular weight excluding hydrogens is 274 g/mol. The molecule has 6 heteroatoms. The second kappa shape index (κ2) is 4.61. The average Bonchev–Trinajstić information content (AvgIpc) is 2.27. The smallest absolute Gasteiger partial charge is 0.241 e. The predicted molar refractivity (Wildman–Crippen MR) is 68.8 cm³/mol. The van der Waals surface area contributed by atoms with Gasteiger partial charge < -0.3 is 5.11 Å². The summed E-state index contributed by atoms with van der Waals surface area (Å²) in [6, 6.07) is 12.0. The van der Waals surface area contributed by atoms with Crippen molar-refractivity contribution in [2.75, 3.05) is 0 Å². The number of primary sulfonamides is 1. The quantitative estimate of drug-likeness (QED) is 0.886. The first-order valence-corrected chi connectivity index (χ1v) is 6.84. The lowest BCUT2D eigenvalue weighted by Crippen LogP contribution is -2.12. The van der Waals surface area contributed by atoms with Crippen LogP contribution < -0.4 is 5.14 Å². The van der Waals surface area contributed by atoms with Crippen LogP contribution in [-0.2, 0) is 10.0 Å². The molecule has 0 aliphatic heterocycles. The molecule has 2 aromatic carbocycles. The Labute approximate surface area is 110 Å². The summed E-state index contributed by atoms with van der Waals surface area (Å²) in [6.45, 7) is 0. The van der Waals surface area contributed by atoms with Crippen LogP contribution in [0.1, 0.15) is 0 Å². The van der Waals surface area contributed by atoms with E-state index in [9.17, 15) is 13.5 Å². The van der Waals surface area contributed by atoms with Gasteiger partial charge in [0.15, 0.2) is 0 Å². The van der Waals surface area contributed by atoms with E-state index in [-0.39, 0.29) is 4.90 Å². The van der Waals surface area contributed by atoms with Crippen LogP contribution in [0.4, 0.5) is 0 Å². The van der Waals surface area contributed by atoms with Crippen LogP contribution in [0.15, 0.2) is 41.3 Å². The fraction of sp³-hybridized carbons (Fsp3) is 0. The Morgan fingerprint density at radius 2 is 2.00 bits per heavy atom. The van der Waals surface area contributed by atoms with Crippen LogP contribution in [0.5, 0.6) is 5.75 Å². The van der Waals surface area contributed by atoms with E-state index in [0.717, 1.165) is 0 Å². The normalized spacial score (nSPS) is 11.4. The molecule has 0 aromatic heterocycles. The van der Waals surface area contributed by atoms with Gasteiger partial charge in [0.05, 0.1) is 5.02 Å². The topological polar surface area (TPSA) is 80.4 Å². The van der Waals surface area contributed by atoms with E-state index in [2.05, 4.69) is 6.07 Å². The molecule has 0 bridgehead atoms. The van der Waals surface area contributed by atoms with E-state index in [1.165, 1.54) is 18.2 Å². The first-order chi connectivity index (χ1) is 8.39. The Bertz CT molecular complexity index is 698. The number of aromatic hydroxyl groups is 1. The molecule has 0 aliphatic rings. The Morgan fingerprint density at radius 3 is 2.56 bits per heavy atom.